The van der Waals surface area contributed by atoms with E-state index < -0.39 is 40.3 Å². The summed E-state index contributed by atoms with van der Waals surface area (Å²) >= 11 is 5.80. The van der Waals surface area contributed by atoms with Gasteiger partial charge in [0, 0.05) is 13.0 Å². The lowest BCUT2D eigenvalue weighted by Gasteiger charge is -2.13. The summed E-state index contributed by atoms with van der Waals surface area (Å²) in [5.74, 6) is -2.31. The van der Waals surface area contributed by atoms with Gasteiger partial charge in [-0.25, -0.2) is 13.9 Å². The molecule has 0 saturated heterocycles. The molecule has 0 aliphatic carbocycles. The van der Waals surface area contributed by atoms with Gasteiger partial charge >= 0.3 is 12.1 Å². The van der Waals surface area contributed by atoms with Crippen LogP contribution < -0.4 is 4.74 Å². The molecule has 3 aromatic rings. The third-order valence-corrected chi connectivity index (χ3v) is 4.11. The SMILES string of the molecule is CC(=O)ON=CC(C)n1nnc2ccc(Oc3c(F)cc(C(F)(F)F)cc3Cl)cc21. The predicted molar refractivity (Wildman–Crippen MR) is 99.0 cm³/mol. The Morgan fingerprint density at radius 1 is 1.30 bits per heavy atom. The second-order valence-corrected chi connectivity index (χ2v) is 6.54. The van der Waals surface area contributed by atoms with Gasteiger partial charge < -0.3 is 9.57 Å². The van der Waals surface area contributed by atoms with Crippen LogP contribution in [0.3, 0.4) is 0 Å². The molecule has 1 aromatic heterocycles. The van der Waals surface area contributed by atoms with Crippen molar-refractivity contribution in [2.45, 2.75) is 26.1 Å². The Balaban J connectivity index is 1.91. The predicted octanol–water partition coefficient (Wildman–Crippen LogP) is 5.14. The Hall–Kier alpha value is -3.21. The number of hydrogen-bond donors (Lipinski definition) is 0. The summed E-state index contributed by atoms with van der Waals surface area (Å²) in [7, 11) is 0. The first-order chi connectivity index (χ1) is 14.1. The largest absolute Gasteiger partial charge is 0.453 e. The van der Waals surface area contributed by atoms with Gasteiger partial charge in [-0.05, 0) is 31.2 Å². The van der Waals surface area contributed by atoms with Crippen LogP contribution >= 0.6 is 11.6 Å². The summed E-state index contributed by atoms with van der Waals surface area (Å²) in [4.78, 5) is 15.3. The van der Waals surface area contributed by atoms with Gasteiger partial charge in [0.1, 0.15) is 11.3 Å². The van der Waals surface area contributed by atoms with Gasteiger partial charge in [-0.15, -0.1) is 5.10 Å². The molecule has 1 unspecified atom stereocenters. The second-order valence-electron chi connectivity index (χ2n) is 6.13. The topological polar surface area (TPSA) is 78.6 Å². The Morgan fingerprint density at radius 2 is 2.03 bits per heavy atom. The molecular formula is C18H13ClF4N4O3. The highest BCUT2D eigenvalue weighted by molar-refractivity contribution is 6.32. The van der Waals surface area contributed by atoms with Gasteiger partial charge in [-0.2, -0.15) is 13.2 Å². The number of aromatic nitrogens is 3. The number of rotatable bonds is 5. The quantitative estimate of drug-likeness (QED) is 0.235. The molecule has 0 spiro atoms. The molecule has 0 aliphatic heterocycles. The molecule has 0 N–H and O–H groups in total. The van der Waals surface area contributed by atoms with Crippen LogP contribution in [-0.2, 0) is 15.8 Å². The lowest BCUT2D eigenvalue weighted by Crippen LogP contribution is -2.09. The Kier molecular flexibility index (Phi) is 5.92. The summed E-state index contributed by atoms with van der Waals surface area (Å²) < 4.78 is 59.3. The summed E-state index contributed by atoms with van der Waals surface area (Å²) in [6.45, 7) is 2.89. The zero-order valence-corrected chi connectivity index (χ0v) is 16.2. The number of carbonyl (C=O) groups excluding carboxylic acids is 1. The maximum atomic E-state index is 14.2. The van der Waals surface area contributed by atoms with E-state index in [0.29, 0.717) is 23.2 Å². The van der Waals surface area contributed by atoms with Crippen LogP contribution in [0, 0.1) is 5.82 Å². The van der Waals surface area contributed by atoms with Gasteiger partial charge in [0.2, 0.25) is 0 Å². The molecular weight excluding hydrogens is 432 g/mol. The zero-order chi connectivity index (χ0) is 22.1. The van der Waals surface area contributed by atoms with Gasteiger partial charge in [-0.3, -0.25) is 0 Å². The third kappa shape index (κ3) is 4.67. The van der Waals surface area contributed by atoms with Crippen molar-refractivity contribution in [3.8, 4) is 11.5 Å². The van der Waals surface area contributed by atoms with Gasteiger partial charge in [0.15, 0.2) is 11.6 Å². The van der Waals surface area contributed by atoms with E-state index in [0.717, 1.165) is 0 Å². The Morgan fingerprint density at radius 3 is 2.67 bits per heavy atom. The molecule has 7 nitrogen and oxygen atoms in total. The van der Waals surface area contributed by atoms with E-state index in [-0.39, 0.29) is 5.75 Å². The molecule has 30 heavy (non-hydrogen) atoms. The number of benzene rings is 2. The first-order valence-corrected chi connectivity index (χ1v) is 8.74. The number of ether oxygens (including phenoxy) is 1. The van der Waals surface area contributed by atoms with Crippen molar-refractivity contribution in [2.24, 2.45) is 5.16 Å². The number of carbonyl (C=O) groups is 1. The van der Waals surface area contributed by atoms with E-state index in [2.05, 4.69) is 20.3 Å². The number of hydrogen-bond acceptors (Lipinski definition) is 6. The number of halogens is 5. The first kappa shape index (κ1) is 21.5. The number of fused-ring (bicyclic) bond motifs is 1. The molecule has 0 amide bonds. The maximum Gasteiger partial charge on any atom is 0.416 e. The average molecular weight is 445 g/mol. The monoisotopic (exact) mass is 444 g/mol. The van der Waals surface area contributed by atoms with Gasteiger partial charge in [0.05, 0.1) is 28.4 Å². The standard InChI is InChI=1S/C18H13ClF4N4O3/c1-9(8-24-30-10(2)28)27-16-7-12(3-4-15(16)25-26-27)29-17-13(19)5-11(6-14(17)20)18(21,22)23/h3-9H,1-2H3. The van der Waals surface area contributed by atoms with Crippen LogP contribution in [0.1, 0.15) is 25.5 Å². The summed E-state index contributed by atoms with van der Waals surface area (Å²) in [6, 6.07) is 4.83. The third-order valence-electron chi connectivity index (χ3n) is 3.83. The molecule has 0 radical (unpaired) electrons. The number of oxime groups is 1. The highest BCUT2D eigenvalue weighted by atomic mass is 35.5. The van der Waals surface area contributed by atoms with E-state index in [1.165, 1.54) is 36.0 Å². The van der Waals surface area contributed by atoms with Crippen molar-refractivity contribution >= 4 is 34.8 Å². The number of nitrogens with zero attached hydrogens (tertiary/aromatic N) is 4. The lowest BCUT2D eigenvalue weighted by molar-refractivity contribution is -0.141. The first-order valence-electron chi connectivity index (χ1n) is 8.36. The molecule has 0 saturated carbocycles. The highest BCUT2D eigenvalue weighted by Gasteiger charge is 2.32. The Labute approximate surface area is 171 Å². The molecule has 158 valence electrons. The summed E-state index contributed by atoms with van der Waals surface area (Å²) in [5, 5.41) is 10.9. The summed E-state index contributed by atoms with van der Waals surface area (Å²) in [6.07, 6.45) is -3.43. The molecule has 1 heterocycles. The average Bonchev–Trinajstić information content (AvgIpc) is 3.06. The smallest absolute Gasteiger partial charge is 0.416 e. The molecule has 1 atom stereocenters. The van der Waals surface area contributed by atoms with Gasteiger partial charge in [0.25, 0.3) is 0 Å². The number of alkyl halides is 3. The second kappa shape index (κ2) is 8.27. The fourth-order valence-electron chi connectivity index (χ4n) is 2.47. The van der Waals surface area contributed by atoms with Gasteiger partial charge in [-0.1, -0.05) is 22.0 Å². The van der Waals surface area contributed by atoms with E-state index in [1.807, 2.05) is 0 Å². The van der Waals surface area contributed by atoms with E-state index in [1.54, 1.807) is 6.92 Å². The lowest BCUT2D eigenvalue weighted by atomic mass is 10.2. The van der Waals surface area contributed by atoms with Crippen molar-refractivity contribution in [1.82, 2.24) is 15.0 Å². The molecule has 0 aliphatic rings. The molecule has 3 rings (SSSR count). The van der Waals surface area contributed by atoms with Crippen LogP contribution in [0.4, 0.5) is 17.6 Å². The highest BCUT2D eigenvalue weighted by Crippen LogP contribution is 2.39. The minimum Gasteiger partial charge on any atom is -0.453 e. The minimum atomic E-state index is -4.75. The van der Waals surface area contributed by atoms with Crippen LogP contribution in [0.25, 0.3) is 11.0 Å². The van der Waals surface area contributed by atoms with Crippen molar-refractivity contribution < 1.29 is 31.9 Å². The van der Waals surface area contributed by atoms with E-state index in [9.17, 15) is 22.4 Å². The van der Waals surface area contributed by atoms with E-state index in [4.69, 9.17) is 16.3 Å². The van der Waals surface area contributed by atoms with Crippen molar-refractivity contribution in [3.05, 3.63) is 46.7 Å². The Bertz CT molecular complexity index is 1110. The van der Waals surface area contributed by atoms with Crippen molar-refractivity contribution in [2.75, 3.05) is 0 Å². The van der Waals surface area contributed by atoms with Crippen LogP contribution in [-0.4, -0.2) is 27.2 Å². The van der Waals surface area contributed by atoms with Crippen LogP contribution in [0.15, 0.2) is 35.5 Å². The molecule has 2 aromatic carbocycles. The van der Waals surface area contributed by atoms with Crippen LogP contribution in [0.2, 0.25) is 5.02 Å². The minimum absolute atomic E-state index is 0.0933. The van der Waals surface area contributed by atoms with Crippen molar-refractivity contribution in [1.29, 1.82) is 0 Å². The normalized spacial score (nSPS) is 13.0. The molecule has 12 heteroatoms. The van der Waals surface area contributed by atoms with E-state index >= 15 is 0 Å². The maximum absolute atomic E-state index is 14.2. The summed E-state index contributed by atoms with van der Waals surface area (Å²) in [5.41, 5.74) is -0.303. The fraction of sp³-hybridized carbons (Fsp3) is 0.222. The van der Waals surface area contributed by atoms with Crippen LogP contribution in [0.5, 0.6) is 11.5 Å². The zero-order valence-electron chi connectivity index (χ0n) is 15.4. The van der Waals surface area contributed by atoms with Crippen molar-refractivity contribution in [3.63, 3.8) is 0 Å². The molecule has 0 bridgehead atoms. The fourth-order valence-corrected chi connectivity index (χ4v) is 2.72. The molecule has 0 fully saturated rings.